The van der Waals surface area contributed by atoms with Gasteiger partial charge in [-0.1, -0.05) is 13.3 Å². The fraction of sp³-hybridized carbons (Fsp3) is 0.833. The van der Waals surface area contributed by atoms with E-state index in [-0.39, 0.29) is 6.03 Å². The van der Waals surface area contributed by atoms with E-state index in [0.29, 0.717) is 38.4 Å². The molecule has 1 rings (SSSR count). The molecule has 0 aromatic carbocycles. The Labute approximate surface area is 108 Å². The van der Waals surface area contributed by atoms with Gasteiger partial charge in [0.2, 0.25) is 0 Å². The molecule has 6 heteroatoms. The van der Waals surface area contributed by atoms with Gasteiger partial charge in [0.05, 0.1) is 0 Å². The van der Waals surface area contributed by atoms with Gasteiger partial charge in [-0.2, -0.15) is 0 Å². The second kappa shape index (κ2) is 7.20. The van der Waals surface area contributed by atoms with Gasteiger partial charge in [0.15, 0.2) is 0 Å². The molecule has 1 heterocycles. The number of carboxylic acids is 1. The predicted octanol–water partition coefficient (Wildman–Crippen LogP) is 0.620. The van der Waals surface area contributed by atoms with Crippen LogP contribution in [0.5, 0.6) is 0 Å². The molecule has 4 N–H and O–H groups in total. The van der Waals surface area contributed by atoms with E-state index in [1.165, 1.54) is 4.90 Å². The van der Waals surface area contributed by atoms with Crippen molar-refractivity contribution in [2.24, 2.45) is 11.7 Å². The fourth-order valence-electron chi connectivity index (χ4n) is 2.29. The highest BCUT2D eigenvalue weighted by atomic mass is 16.4. The summed E-state index contributed by atoms with van der Waals surface area (Å²) >= 11 is 0. The van der Waals surface area contributed by atoms with Crippen LogP contribution < -0.4 is 11.1 Å². The lowest BCUT2D eigenvalue weighted by Gasteiger charge is -2.36. The highest BCUT2D eigenvalue weighted by molar-refractivity contribution is 5.82. The van der Waals surface area contributed by atoms with Crippen molar-refractivity contribution in [2.75, 3.05) is 19.6 Å². The summed E-state index contributed by atoms with van der Waals surface area (Å²) in [6.45, 7) is 3.58. The minimum absolute atomic E-state index is 0.287. The molecule has 2 amide bonds. The lowest BCUT2D eigenvalue weighted by Crippen LogP contribution is -2.53. The molecule has 1 saturated heterocycles. The van der Waals surface area contributed by atoms with E-state index in [9.17, 15) is 14.7 Å². The van der Waals surface area contributed by atoms with Crippen molar-refractivity contribution >= 4 is 12.0 Å². The van der Waals surface area contributed by atoms with Crippen molar-refractivity contribution in [1.29, 1.82) is 0 Å². The molecule has 6 nitrogen and oxygen atoms in total. The predicted molar refractivity (Wildman–Crippen MR) is 68.2 cm³/mol. The third-order valence-corrected chi connectivity index (χ3v) is 3.49. The van der Waals surface area contributed by atoms with Crippen molar-refractivity contribution in [1.82, 2.24) is 10.2 Å². The largest absolute Gasteiger partial charge is 0.480 e. The van der Waals surface area contributed by atoms with E-state index < -0.39 is 12.0 Å². The van der Waals surface area contributed by atoms with Gasteiger partial charge in [-0.15, -0.1) is 0 Å². The first-order valence-electron chi connectivity index (χ1n) is 6.57. The highest BCUT2D eigenvalue weighted by Crippen LogP contribution is 2.25. The molecule has 1 aliphatic heterocycles. The third-order valence-electron chi connectivity index (χ3n) is 3.49. The van der Waals surface area contributed by atoms with Crippen LogP contribution in [0.3, 0.4) is 0 Å². The number of nitrogens with two attached hydrogens (primary N) is 1. The molecule has 2 atom stereocenters. The van der Waals surface area contributed by atoms with Gasteiger partial charge >= 0.3 is 12.0 Å². The minimum atomic E-state index is -0.915. The fourth-order valence-corrected chi connectivity index (χ4v) is 2.29. The third kappa shape index (κ3) is 3.87. The smallest absolute Gasteiger partial charge is 0.326 e. The number of amides is 2. The zero-order valence-corrected chi connectivity index (χ0v) is 10.9. The molecular weight excluding hydrogens is 234 g/mol. The molecule has 0 saturated carbocycles. The number of hydrogen-bond donors (Lipinski definition) is 3. The lowest BCUT2D eigenvalue weighted by molar-refractivity contribution is -0.144. The monoisotopic (exact) mass is 257 g/mol. The zero-order valence-electron chi connectivity index (χ0n) is 10.9. The minimum Gasteiger partial charge on any atom is -0.480 e. The zero-order chi connectivity index (χ0) is 13.5. The average molecular weight is 257 g/mol. The molecule has 1 aliphatic rings. The summed E-state index contributed by atoms with van der Waals surface area (Å²) in [5, 5.41) is 11.9. The number of piperidine rings is 1. The summed E-state index contributed by atoms with van der Waals surface area (Å²) in [4.78, 5) is 24.5. The van der Waals surface area contributed by atoms with Crippen LogP contribution in [0.25, 0.3) is 0 Å². The molecule has 1 fully saturated rings. The first kappa shape index (κ1) is 14.8. The van der Waals surface area contributed by atoms with Crippen LogP contribution in [0.1, 0.15) is 32.6 Å². The number of carbonyl (C=O) groups excluding carboxylic acids is 1. The first-order chi connectivity index (χ1) is 8.60. The van der Waals surface area contributed by atoms with Crippen molar-refractivity contribution in [2.45, 2.75) is 38.6 Å². The lowest BCUT2D eigenvalue weighted by atomic mass is 9.89. The number of urea groups is 1. The summed E-state index contributed by atoms with van der Waals surface area (Å²) in [5.74, 6) is -0.513. The number of nitrogens with zero attached hydrogens (tertiary/aromatic N) is 1. The number of likely N-dealkylation sites (tertiary alicyclic amines) is 1. The summed E-state index contributed by atoms with van der Waals surface area (Å²) in [7, 11) is 0. The van der Waals surface area contributed by atoms with Gasteiger partial charge in [0, 0.05) is 13.1 Å². The van der Waals surface area contributed by atoms with Crippen LogP contribution in [0.15, 0.2) is 0 Å². The topological polar surface area (TPSA) is 95.7 Å². The molecule has 0 aromatic rings. The Bertz CT molecular complexity index is 296. The number of rotatable bonds is 5. The van der Waals surface area contributed by atoms with Crippen molar-refractivity contribution in [3.63, 3.8) is 0 Å². The van der Waals surface area contributed by atoms with Crippen molar-refractivity contribution in [3.8, 4) is 0 Å². The van der Waals surface area contributed by atoms with Crippen LogP contribution in [0.2, 0.25) is 0 Å². The van der Waals surface area contributed by atoms with Crippen LogP contribution in [0, 0.1) is 5.92 Å². The van der Waals surface area contributed by atoms with Gasteiger partial charge in [-0.25, -0.2) is 9.59 Å². The Morgan fingerprint density at radius 2 is 2.22 bits per heavy atom. The number of nitrogens with one attached hydrogen (secondary N) is 1. The molecule has 104 valence electrons. The van der Waals surface area contributed by atoms with E-state index in [1.807, 2.05) is 0 Å². The highest BCUT2D eigenvalue weighted by Gasteiger charge is 2.35. The summed E-state index contributed by atoms with van der Waals surface area (Å²) < 4.78 is 0. The molecular formula is C12H23N3O3. The quantitative estimate of drug-likeness (QED) is 0.629. The van der Waals surface area contributed by atoms with E-state index in [1.54, 1.807) is 0 Å². The Kier molecular flexibility index (Phi) is 5.91. The molecule has 2 unspecified atom stereocenters. The van der Waals surface area contributed by atoms with Crippen molar-refractivity contribution < 1.29 is 14.7 Å². The van der Waals surface area contributed by atoms with E-state index in [2.05, 4.69) is 12.2 Å². The van der Waals surface area contributed by atoms with Gasteiger partial charge in [0.1, 0.15) is 6.04 Å². The number of carbonyl (C=O) groups is 2. The summed E-state index contributed by atoms with van der Waals surface area (Å²) in [6, 6.07) is -0.980. The maximum Gasteiger partial charge on any atom is 0.326 e. The van der Waals surface area contributed by atoms with Crippen LogP contribution in [0.4, 0.5) is 4.79 Å². The SMILES string of the molecule is CCC1CCN(C(=O)NCCCN)C(C(=O)O)C1. The molecule has 0 spiro atoms. The maximum absolute atomic E-state index is 11.9. The van der Waals surface area contributed by atoms with Crippen LogP contribution >= 0.6 is 0 Å². The number of hydrogen-bond acceptors (Lipinski definition) is 3. The molecule has 0 radical (unpaired) electrons. The van der Waals surface area contributed by atoms with E-state index in [4.69, 9.17) is 5.73 Å². The maximum atomic E-state index is 11.9. The Morgan fingerprint density at radius 1 is 1.50 bits per heavy atom. The molecule has 0 aromatic heterocycles. The second-order valence-corrected chi connectivity index (χ2v) is 4.72. The molecule has 18 heavy (non-hydrogen) atoms. The van der Waals surface area contributed by atoms with Gasteiger partial charge < -0.3 is 21.1 Å². The second-order valence-electron chi connectivity index (χ2n) is 4.72. The summed E-state index contributed by atoms with van der Waals surface area (Å²) in [5.41, 5.74) is 5.35. The number of aliphatic carboxylic acids is 1. The van der Waals surface area contributed by atoms with E-state index >= 15 is 0 Å². The van der Waals surface area contributed by atoms with Gasteiger partial charge in [0.25, 0.3) is 0 Å². The molecule has 0 aliphatic carbocycles. The number of carboxylic acid groups (broad SMARTS) is 1. The normalized spacial score (nSPS) is 23.8. The Balaban J connectivity index is 2.56. The average Bonchev–Trinajstić information content (AvgIpc) is 2.38. The first-order valence-corrected chi connectivity index (χ1v) is 6.57. The van der Waals surface area contributed by atoms with Crippen LogP contribution in [-0.2, 0) is 4.79 Å². The van der Waals surface area contributed by atoms with Crippen molar-refractivity contribution in [3.05, 3.63) is 0 Å². The van der Waals surface area contributed by atoms with Gasteiger partial charge in [-0.05, 0) is 31.7 Å². The Morgan fingerprint density at radius 3 is 2.78 bits per heavy atom. The van der Waals surface area contributed by atoms with Gasteiger partial charge in [-0.3, -0.25) is 0 Å². The summed E-state index contributed by atoms with van der Waals surface area (Å²) in [6.07, 6.45) is 3.10. The molecule has 0 bridgehead atoms. The van der Waals surface area contributed by atoms with Crippen LogP contribution in [-0.4, -0.2) is 47.7 Å². The standard InChI is InChI=1S/C12H23N3O3/c1-2-9-4-7-15(10(8-9)11(16)17)12(18)14-6-3-5-13/h9-10H,2-8,13H2,1H3,(H,14,18)(H,16,17). The Hall–Kier alpha value is -1.30. The van der Waals surface area contributed by atoms with E-state index in [0.717, 1.165) is 12.8 Å².